The van der Waals surface area contributed by atoms with Crippen LogP contribution in [0.25, 0.3) is 0 Å². The molecule has 3 aromatic rings. The minimum atomic E-state index is -0.415. The van der Waals surface area contributed by atoms with Crippen molar-refractivity contribution < 1.29 is 19.1 Å². The van der Waals surface area contributed by atoms with Crippen molar-refractivity contribution in [3.63, 3.8) is 0 Å². The van der Waals surface area contributed by atoms with Crippen LogP contribution in [0.3, 0.4) is 0 Å². The third-order valence-corrected chi connectivity index (χ3v) is 6.64. The van der Waals surface area contributed by atoms with Crippen LogP contribution in [0.4, 0.5) is 10.5 Å². The van der Waals surface area contributed by atoms with Crippen LogP contribution in [-0.2, 0) is 6.42 Å². The molecule has 0 spiro atoms. The van der Waals surface area contributed by atoms with Crippen molar-refractivity contribution in [1.29, 1.82) is 0 Å². The van der Waals surface area contributed by atoms with E-state index >= 15 is 0 Å². The molecule has 1 unspecified atom stereocenters. The Hall–Kier alpha value is -3.42. The average molecular weight is 514 g/mol. The highest BCUT2D eigenvalue weighted by Gasteiger charge is 2.32. The number of urea groups is 1. The molecular weight excluding hydrogens is 489 g/mol. The largest absolute Gasteiger partial charge is 0.497 e. The Balaban J connectivity index is 1.56. The smallest absolute Gasteiger partial charge is 0.319 e. The van der Waals surface area contributed by atoms with Crippen LogP contribution in [0.5, 0.6) is 11.5 Å². The summed E-state index contributed by atoms with van der Waals surface area (Å²) in [5.41, 5.74) is 3.11. The van der Waals surface area contributed by atoms with Crippen LogP contribution in [0.1, 0.15) is 27.5 Å². The van der Waals surface area contributed by atoms with Crippen molar-refractivity contribution in [2.45, 2.75) is 12.5 Å². The lowest BCUT2D eigenvalue weighted by Crippen LogP contribution is -2.45. The molecule has 0 fully saturated rings. The summed E-state index contributed by atoms with van der Waals surface area (Å²) in [5.74, 6) is 0.884. The zero-order chi connectivity index (χ0) is 24.9. The Morgan fingerprint density at radius 1 is 0.971 bits per heavy atom. The number of rotatable bonds is 6. The number of amides is 3. The Bertz CT molecular complexity index is 1230. The lowest BCUT2D eigenvalue weighted by Gasteiger charge is -2.37. The average Bonchev–Trinajstić information content (AvgIpc) is 2.88. The summed E-state index contributed by atoms with van der Waals surface area (Å²) in [6, 6.07) is 17.1. The number of fused-ring (bicyclic) bond motifs is 1. The highest BCUT2D eigenvalue weighted by Crippen LogP contribution is 2.32. The van der Waals surface area contributed by atoms with Gasteiger partial charge in [0, 0.05) is 30.4 Å². The van der Waals surface area contributed by atoms with Crippen molar-refractivity contribution in [2.75, 3.05) is 32.6 Å². The van der Waals surface area contributed by atoms with Gasteiger partial charge in [0.15, 0.2) is 0 Å². The molecule has 9 heteroatoms. The maximum Gasteiger partial charge on any atom is 0.319 e. The third kappa shape index (κ3) is 5.63. The molecule has 1 aliphatic rings. The number of ether oxygens (including phenoxy) is 2. The van der Waals surface area contributed by atoms with Gasteiger partial charge >= 0.3 is 6.03 Å². The normalized spacial score (nSPS) is 14.6. The molecule has 4 rings (SSSR count). The lowest BCUT2D eigenvalue weighted by molar-refractivity contribution is 0.0660. The molecule has 35 heavy (non-hydrogen) atoms. The first-order valence-electron chi connectivity index (χ1n) is 11.0. The number of halogens is 2. The van der Waals surface area contributed by atoms with E-state index in [9.17, 15) is 9.59 Å². The van der Waals surface area contributed by atoms with Gasteiger partial charge in [0.2, 0.25) is 0 Å². The molecule has 0 aromatic heterocycles. The summed E-state index contributed by atoms with van der Waals surface area (Å²) < 4.78 is 10.7. The monoisotopic (exact) mass is 513 g/mol. The van der Waals surface area contributed by atoms with Crippen molar-refractivity contribution in [3.8, 4) is 11.5 Å². The summed E-state index contributed by atoms with van der Waals surface area (Å²) in [4.78, 5) is 28.0. The summed E-state index contributed by atoms with van der Waals surface area (Å²) >= 11 is 12.0. The van der Waals surface area contributed by atoms with Crippen molar-refractivity contribution in [1.82, 2.24) is 10.2 Å². The van der Waals surface area contributed by atoms with Gasteiger partial charge in [0.1, 0.15) is 11.5 Å². The van der Waals surface area contributed by atoms with Gasteiger partial charge < -0.3 is 25.0 Å². The molecule has 1 atom stereocenters. The molecule has 3 aromatic carbocycles. The molecule has 0 bridgehead atoms. The highest BCUT2D eigenvalue weighted by atomic mass is 35.5. The van der Waals surface area contributed by atoms with Crippen LogP contribution < -0.4 is 20.1 Å². The minimum Gasteiger partial charge on any atom is -0.497 e. The number of hydrogen-bond acceptors (Lipinski definition) is 4. The van der Waals surface area contributed by atoms with Crippen LogP contribution in [-0.4, -0.2) is 44.1 Å². The molecule has 7 nitrogen and oxygen atoms in total. The molecule has 182 valence electrons. The Labute approximate surface area is 213 Å². The van der Waals surface area contributed by atoms with Crippen LogP contribution in [0.15, 0.2) is 60.7 Å². The van der Waals surface area contributed by atoms with Gasteiger partial charge in [-0.15, -0.1) is 0 Å². The molecular formula is C26H25Cl2N3O4. The van der Waals surface area contributed by atoms with E-state index in [2.05, 4.69) is 16.7 Å². The topological polar surface area (TPSA) is 79.9 Å². The van der Waals surface area contributed by atoms with Crippen LogP contribution in [0, 0.1) is 0 Å². The predicted octanol–water partition coefficient (Wildman–Crippen LogP) is 5.57. The maximum absolute atomic E-state index is 13.6. The van der Waals surface area contributed by atoms with E-state index in [0.717, 1.165) is 17.5 Å². The molecule has 1 aliphatic heterocycles. The summed E-state index contributed by atoms with van der Waals surface area (Å²) in [7, 11) is 3.08. The number of methoxy groups -OCH3 is 2. The van der Waals surface area contributed by atoms with Crippen LogP contribution >= 0.6 is 23.2 Å². The Kier molecular flexibility index (Phi) is 7.68. The summed E-state index contributed by atoms with van der Waals surface area (Å²) in [6.45, 7) is 0.729. The van der Waals surface area contributed by atoms with Gasteiger partial charge in [0.05, 0.1) is 30.3 Å². The predicted molar refractivity (Wildman–Crippen MR) is 137 cm³/mol. The lowest BCUT2D eigenvalue weighted by atomic mass is 9.92. The van der Waals surface area contributed by atoms with Crippen molar-refractivity contribution in [2.24, 2.45) is 0 Å². The molecule has 0 saturated carbocycles. The second-order valence-corrected chi connectivity index (χ2v) is 8.84. The minimum absolute atomic E-state index is 0.173. The van der Waals surface area contributed by atoms with E-state index in [4.69, 9.17) is 32.7 Å². The van der Waals surface area contributed by atoms with Gasteiger partial charge in [-0.1, -0.05) is 47.5 Å². The number of nitrogens with zero attached hydrogens (tertiary/aromatic N) is 1. The first kappa shape index (κ1) is 24.7. The van der Waals surface area contributed by atoms with Gasteiger partial charge in [-0.25, -0.2) is 4.79 Å². The van der Waals surface area contributed by atoms with E-state index < -0.39 is 6.03 Å². The number of carbonyl (C=O) groups excluding carboxylic acids is 2. The molecule has 0 radical (unpaired) electrons. The quantitative estimate of drug-likeness (QED) is 0.451. The van der Waals surface area contributed by atoms with E-state index in [1.54, 1.807) is 55.5 Å². The number of nitrogens with one attached hydrogen (secondary N) is 2. The zero-order valence-electron chi connectivity index (χ0n) is 19.3. The zero-order valence-corrected chi connectivity index (χ0v) is 20.8. The fraction of sp³-hybridized carbons (Fsp3) is 0.231. The van der Waals surface area contributed by atoms with E-state index in [0.29, 0.717) is 39.3 Å². The third-order valence-electron chi connectivity index (χ3n) is 5.91. The molecule has 2 N–H and O–H groups in total. The Morgan fingerprint density at radius 2 is 1.69 bits per heavy atom. The summed E-state index contributed by atoms with van der Waals surface area (Å²) in [5, 5.41) is 6.38. The summed E-state index contributed by atoms with van der Waals surface area (Å²) in [6.07, 6.45) is 0.717. The molecule has 0 aliphatic carbocycles. The van der Waals surface area contributed by atoms with E-state index in [-0.39, 0.29) is 18.5 Å². The fourth-order valence-electron chi connectivity index (χ4n) is 4.15. The maximum atomic E-state index is 13.6. The van der Waals surface area contributed by atoms with Crippen LogP contribution in [0.2, 0.25) is 10.0 Å². The number of anilines is 1. The molecule has 0 saturated heterocycles. The Morgan fingerprint density at radius 3 is 2.37 bits per heavy atom. The van der Waals surface area contributed by atoms with Gasteiger partial charge in [-0.2, -0.15) is 0 Å². The SMILES string of the molecule is COc1cc(OC)cc(C(=O)N2CCc3ccccc3C2CNC(=O)Nc2ccc(Cl)c(Cl)c2)c1. The fourth-order valence-corrected chi connectivity index (χ4v) is 4.45. The first-order valence-corrected chi connectivity index (χ1v) is 11.8. The van der Waals surface area contributed by atoms with E-state index in [1.807, 2.05) is 18.2 Å². The number of carbonyl (C=O) groups is 2. The standard InChI is InChI=1S/C26H25Cl2N3O4/c1-34-19-11-17(12-20(14-19)35-2)25(32)31-10-9-16-5-3-4-6-21(16)24(31)15-29-26(33)30-18-7-8-22(27)23(28)13-18/h3-8,11-14,24H,9-10,15H2,1-2H3,(H2,29,30,33). The van der Waals surface area contributed by atoms with Gasteiger partial charge in [-0.3, -0.25) is 4.79 Å². The highest BCUT2D eigenvalue weighted by molar-refractivity contribution is 6.42. The van der Waals surface area contributed by atoms with Gasteiger partial charge in [0.25, 0.3) is 5.91 Å². The first-order chi connectivity index (χ1) is 16.9. The second kappa shape index (κ2) is 10.9. The molecule has 3 amide bonds. The van der Waals surface area contributed by atoms with Crippen molar-refractivity contribution in [3.05, 3.63) is 87.4 Å². The number of hydrogen-bond donors (Lipinski definition) is 2. The second-order valence-electron chi connectivity index (χ2n) is 8.03. The molecule has 1 heterocycles. The van der Waals surface area contributed by atoms with Crippen molar-refractivity contribution >= 4 is 40.8 Å². The number of benzene rings is 3. The van der Waals surface area contributed by atoms with E-state index in [1.165, 1.54) is 0 Å². The van der Waals surface area contributed by atoms with Gasteiger partial charge in [-0.05, 0) is 47.9 Å².